The lowest BCUT2D eigenvalue weighted by atomic mass is 9.92. The number of carbonyl (C=O) groups is 1. The van der Waals surface area contributed by atoms with E-state index in [1.54, 1.807) is 12.1 Å². The lowest BCUT2D eigenvalue weighted by molar-refractivity contribution is 0.0922. The Balaban J connectivity index is 2.30. The first-order chi connectivity index (χ1) is 6.49. The van der Waals surface area contributed by atoms with Crippen LogP contribution in [0.1, 0.15) is 37.7 Å². The zero-order valence-corrected chi connectivity index (χ0v) is 8.96. The number of hydrogen-bond acceptors (Lipinski definition) is 2. The summed E-state index contributed by atoms with van der Waals surface area (Å²) >= 11 is 0. The van der Waals surface area contributed by atoms with Crippen molar-refractivity contribution in [2.24, 2.45) is 5.41 Å². The van der Waals surface area contributed by atoms with Crippen molar-refractivity contribution in [3.8, 4) is 0 Å². The molecule has 1 heterocycles. The molecule has 3 nitrogen and oxygen atoms in total. The van der Waals surface area contributed by atoms with Crippen molar-refractivity contribution in [3.05, 3.63) is 24.2 Å². The maximum absolute atomic E-state index is 11.4. The van der Waals surface area contributed by atoms with Gasteiger partial charge in [-0.1, -0.05) is 20.8 Å². The Morgan fingerprint density at radius 1 is 1.50 bits per heavy atom. The minimum Gasteiger partial charge on any atom is -0.459 e. The molecular formula is C11H17NO2. The van der Waals surface area contributed by atoms with Crippen LogP contribution in [0.5, 0.6) is 0 Å². The van der Waals surface area contributed by atoms with Crippen molar-refractivity contribution in [2.45, 2.75) is 27.2 Å². The molecule has 0 aliphatic heterocycles. The largest absolute Gasteiger partial charge is 0.459 e. The van der Waals surface area contributed by atoms with Crippen molar-refractivity contribution in [2.75, 3.05) is 6.54 Å². The molecule has 78 valence electrons. The Morgan fingerprint density at radius 3 is 2.71 bits per heavy atom. The quantitative estimate of drug-likeness (QED) is 0.805. The molecule has 14 heavy (non-hydrogen) atoms. The van der Waals surface area contributed by atoms with Crippen molar-refractivity contribution >= 4 is 5.91 Å². The highest BCUT2D eigenvalue weighted by molar-refractivity contribution is 5.91. The monoisotopic (exact) mass is 195 g/mol. The van der Waals surface area contributed by atoms with Gasteiger partial charge in [-0.3, -0.25) is 4.79 Å². The van der Waals surface area contributed by atoms with Gasteiger partial charge in [0.25, 0.3) is 5.91 Å². The van der Waals surface area contributed by atoms with Crippen molar-refractivity contribution in [3.63, 3.8) is 0 Å². The molecule has 1 aromatic rings. The molecule has 0 unspecified atom stereocenters. The summed E-state index contributed by atoms with van der Waals surface area (Å²) in [5, 5.41) is 2.81. The van der Waals surface area contributed by atoms with Gasteiger partial charge in [-0.2, -0.15) is 0 Å². The van der Waals surface area contributed by atoms with E-state index in [1.807, 2.05) is 0 Å². The first-order valence-corrected chi connectivity index (χ1v) is 4.81. The summed E-state index contributed by atoms with van der Waals surface area (Å²) in [5.41, 5.74) is 0.246. The molecule has 0 aliphatic rings. The van der Waals surface area contributed by atoms with Crippen molar-refractivity contribution in [1.29, 1.82) is 0 Å². The molecule has 1 aromatic heterocycles. The van der Waals surface area contributed by atoms with Crippen molar-refractivity contribution in [1.82, 2.24) is 5.32 Å². The molecule has 0 saturated carbocycles. The molecule has 0 fully saturated rings. The number of carbonyl (C=O) groups excluding carboxylic acids is 1. The molecule has 0 atom stereocenters. The van der Waals surface area contributed by atoms with Crippen LogP contribution in [0.2, 0.25) is 0 Å². The fourth-order valence-corrected chi connectivity index (χ4v) is 1.05. The third-order valence-electron chi connectivity index (χ3n) is 1.91. The number of hydrogen-bond donors (Lipinski definition) is 1. The van der Waals surface area contributed by atoms with Crippen LogP contribution in [0.3, 0.4) is 0 Å². The summed E-state index contributed by atoms with van der Waals surface area (Å²) in [4.78, 5) is 11.4. The zero-order chi connectivity index (χ0) is 10.6. The van der Waals surface area contributed by atoms with Gasteiger partial charge in [-0.15, -0.1) is 0 Å². The van der Waals surface area contributed by atoms with Crippen LogP contribution in [0.25, 0.3) is 0 Å². The van der Waals surface area contributed by atoms with Gasteiger partial charge in [-0.25, -0.2) is 0 Å². The maximum Gasteiger partial charge on any atom is 0.286 e. The number of furan rings is 1. The molecular weight excluding hydrogens is 178 g/mol. The normalized spacial score (nSPS) is 11.4. The summed E-state index contributed by atoms with van der Waals surface area (Å²) in [5.74, 6) is 0.234. The van der Waals surface area contributed by atoms with Crippen LogP contribution >= 0.6 is 0 Å². The third-order valence-corrected chi connectivity index (χ3v) is 1.91. The molecule has 0 radical (unpaired) electrons. The van der Waals surface area contributed by atoms with E-state index >= 15 is 0 Å². The first-order valence-electron chi connectivity index (χ1n) is 4.81. The van der Waals surface area contributed by atoms with E-state index in [0.717, 1.165) is 6.42 Å². The Morgan fingerprint density at radius 2 is 2.21 bits per heavy atom. The highest BCUT2D eigenvalue weighted by Gasteiger charge is 2.12. The summed E-state index contributed by atoms with van der Waals surface area (Å²) in [6.07, 6.45) is 2.46. The second kappa shape index (κ2) is 4.31. The number of nitrogens with one attached hydrogen (secondary N) is 1. The van der Waals surface area contributed by atoms with E-state index < -0.39 is 0 Å². The Hall–Kier alpha value is -1.25. The lowest BCUT2D eigenvalue weighted by Crippen LogP contribution is -2.26. The van der Waals surface area contributed by atoms with E-state index in [0.29, 0.717) is 12.3 Å². The standard InChI is InChI=1S/C11H17NO2/c1-11(2,3)6-7-12-10(13)9-5-4-8-14-9/h4-5,8H,6-7H2,1-3H3,(H,12,13). The van der Waals surface area contributed by atoms with Crippen LogP contribution in [-0.4, -0.2) is 12.5 Å². The molecule has 0 aliphatic carbocycles. The van der Waals surface area contributed by atoms with Gasteiger partial charge in [0.1, 0.15) is 0 Å². The molecule has 0 bridgehead atoms. The van der Waals surface area contributed by atoms with Crippen LogP contribution in [0.15, 0.2) is 22.8 Å². The fraction of sp³-hybridized carbons (Fsp3) is 0.545. The molecule has 1 amide bonds. The SMILES string of the molecule is CC(C)(C)CCNC(=O)c1ccco1. The van der Waals surface area contributed by atoms with E-state index in [4.69, 9.17) is 4.42 Å². The van der Waals surface area contributed by atoms with Gasteiger partial charge in [0.2, 0.25) is 0 Å². The van der Waals surface area contributed by atoms with Gasteiger partial charge in [0.15, 0.2) is 5.76 Å². The molecule has 1 N–H and O–H groups in total. The van der Waals surface area contributed by atoms with Crippen LogP contribution in [0, 0.1) is 5.41 Å². The van der Waals surface area contributed by atoms with E-state index in [2.05, 4.69) is 26.1 Å². The van der Waals surface area contributed by atoms with Crippen LogP contribution in [0.4, 0.5) is 0 Å². The Labute approximate surface area is 84.5 Å². The van der Waals surface area contributed by atoms with Crippen molar-refractivity contribution < 1.29 is 9.21 Å². The van der Waals surface area contributed by atoms with Crippen LogP contribution < -0.4 is 5.32 Å². The zero-order valence-electron chi connectivity index (χ0n) is 8.96. The number of amides is 1. The average Bonchev–Trinajstić information content (AvgIpc) is 2.53. The van der Waals surface area contributed by atoms with Crippen LogP contribution in [-0.2, 0) is 0 Å². The van der Waals surface area contributed by atoms with Gasteiger partial charge in [0, 0.05) is 6.54 Å². The predicted molar refractivity (Wildman–Crippen MR) is 55.1 cm³/mol. The second-order valence-corrected chi connectivity index (χ2v) is 4.54. The Kier molecular flexibility index (Phi) is 3.33. The minimum absolute atomic E-state index is 0.140. The smallest absolute Gasteiger partial charge is 0.286 e. The fourth-order valence-electron chi connectivity index (χ4n) is 1.05. The van der Waals surface area contributed by atoms with E-state index in [9.17, 15) is 4.79 Å². The minimum atomic E-state index is -0.140. The lowest BCUT2D eigenvalue weighted by Gasteiger charge is -2.17. The topological polar surface area (TPSA) is 42.2 Å². The van der Waals surface area contributed by atoms with Gasteiger partial charge >= 0.3 is 0 Å². The molecule has 3 heteroatoms. The second-order valence-electron chi connectivity index (χ2n) is 4.54. The predicted octanol–water partition coefficient (Wildman–Crippen LogP) is 2.45. The summed E-state index contributed by atoms with van der Waals surface area (Å²) in [7, 11) is 0. The van der Waals surface area contributed by atoms with E-state index in [1.165, 1.54) is 6.26 Å². The summed E-state index contributed by atoms with van der Waals surface area (Å²) in [6, 6.07) is 3.37. The van der Waals surface area contributed by atoms with Gasteiger partial charge < -0.3 is 9.73 Å². The average molecular weight is 195 g/mol. The summed E-state index contributed by atoms with van der Waals surface area (Å²) < 4.78 is 4.97. The Bertz CT molecular complexity index is 283. The van der Waals surface area contributed by atoms with Gasteiger partial charge in [-0.05, 0) is 24.0 Å². The molecule has 0 saturated heterocycles. The highest BCUT2D eigenvalue weighted by Crippen LogP contribution is 2.17. The number of rotatable bonds is 3. The summed E-state index contributed by atoms with van der Waals surface area (Å²) in [6.45, 7) is 7.12. The molecule has 1 rings (SSSR count). The van der Waals surface area contributed by atoms with Gasteiger partial charge in [0.05, 0.1) is 6.26 Å². The first kappa shape index (κ1) is 10.8. The third kappa shape index (κ3) is 3.64. The molecule has 0 spiro atoms. The molecule has 0 aromatic carbocycles. The maximum atomic E-state index is 11.4. The van der Waals surface area contributed by atoms with E-state index in [-0.39, 0.29) is 11.3 Å². The highest BCUT2D eigenvalue weighted by atomic mass is 16.3.